The van der Waals surface area contributed by atoms with Crippen LogP contribution in [-0.2, 0) is 11.2 Å². The van der Waals surface area contributed by atoms with E-state index in [0.29, 0.717) is 5.69 Å². The number of benzene rings is 1. The summed E-state index contributed by atoms with van der Waals surface area (Å²) in [6.07, 6.45) is -0.263. The minimum absolute atomic E-state index is 0.0296. The highest BCUT2D eigenvalue weighted by Crippen LogP contribution is 2.13. The molecule has 2 rings (SSSR count). The van der Waals surface area contributed by atoms with Crippen LogP contribution in [0.15, 0.2) is 29.1 Å². The van der Waals surface area contributed by atoms with Crippen molar-refractivity contribution in [3.63, 3.8) is 0 Å². The summed E-state index contributed by atoms with van der Waals surface area (Å²) >= 11 is 0. The van der Waals surface area contributed by atoms with Gasteiger partial charge in [-0.05, 0) is 19.1 Å². The zero-order valence-corrected chi connectivity index (χ0v) is 11.1. The molecule has 21 heavy (non-hydrogen) atoms. The van der Waals surface area contributed by atoms with E-state index in [1.54, 1.807) is 6.92 Å². The zero-order valence-electron chi connectivity index (χ0n) is 11.1. The van der Waals surface area contributed by atoms with Gasteiger partial charge in [-0.15, -0.1) is 0 Å². The Balaban J connectivity index is 2.47. The van der Waals surface area contributed by atoms with Crippen molar-refractivity contribution in [3.8, 4) is 5.69 Å². The summed E-state index contributed by atoms with van der Waals surface area (Å²) in [6, 6.07) is 4.52. The van der Waals surface area contributed by atoms with Crippen molar-refractivity contribution in [2.24, 2.45) is 0 Å². The molecule has 7 heteroatoms. The molecule has 0 bridgehead atoms. The van der Waals surface area contributed by atoms with Crippen molar-refractivity contribution in [1.29, 1.82) is 0 Å². The summed E-state index contributed by atoms with van der Waals surface area (Å²) in [5.74, 6) is -3.06. The van der Waals surface area contributed by atoms with Crippen LogP contribution in [0, 0.1) is 18.6 Å². The van der Waals surface area contributed by atoms with E-state index in [0.717, 1.165) is 12.1 Å². The Hall–Kier alpha value is -2.57. The maximum atomic E-state index is 13.3. The van der Waals surface area contributed by atoms with Gasteiger partial charge < -0.3 is 5.11 Å². The maximum Gasteiger partial charge on any atom is 0.303 e. The van der Waals surface area contributed by atoms with E-state index in [4.69, 9.17) is 5.11 Å². The van der Waals surface area contributed by atoms with Gasteiger partial charge in [0.25, 0.3) is 0 Å². The summed E-state index contributed by atoms with van der Waals surface area (Å²) < 4.78 is 27.5. The number of aryl methyl sites for hydroxylation is 2. The number of carbonyl (C=O) groups is 1. The van der Waals surface area contributed by atoms with Crippen molar-refractivity contribution in [1.82, 2.24) is 9.78 Å². The monoisotopic (exact) mass is 294 g/mol. The van der Waals surface area contributed by atoms with Gasteiger partial charge in [0.1, 0.15) is 5.69 Å². The standard InChI is InChI=1S/C14H12F2N2O3/c1-8-6-13(19)12(4-5-14(20)21)17-18(8)9-2-3-10(15)11(16)7-9/h2-3,6-7H,4-5H2,1H3,(H,20,21). The average Bonchev–Trinajstić information content (AvgIpc) is 2.41. The summed E-state index contributed by atoms with van der Waals surface area (Å²) in [5.41, 5.74) is 0.369. The lowest BCUT2D eigenvalue weighted by Crippen LogP contribution is -2.19. The minimum Gasteiger partial charge on any atom is -0.481 e. The molecule has 0 aliphatic rings. The molecule has 2 aromatic rings. The molecule has 1 heterocycles. The fraction of sp³-hybridized carbons (Fsp3) is 0.214. The number of halogens is 2. The van der Waals surface area contributed by atoms with Gasteiger partial charge in [0.15, 0.2) is 11.6 Å². The maximum absolute atomic E-state index is 13.3. The second-order valence-corrected chi connectivity index (χ2v) is 4.50. The fourth-order valence-corrected chi connectivity index (χ4v) is 1.86. The number of nitrogens with zero attached hydrogens (tertiary/aromatic N) is 2. The molecule has 5 nitrogen and oxygen atoms in total. The van der Waals surface area contributed by atoms with Crippen LogP contribution < -0.4 is 5.43 Å². The fourth-order valence-electron chi connectivity index (χ4n) is 1.86. The number of hydrogen-bond donors (Lipinski definition) is 1. The lowest BCUT2D eigenvalue weighted by atomic mass is 10.2. The van der Waals surface area contributed by atoms with Crippen LogP contribution >= 0.6 is 0 Å². The van der Waals surface area contributed by atoms with Crippen LogP contribution in [0.2, 0.25) is 0 Å². The SMILES string of the molecule is Cc1cc(=O)c(CCC(=O)O)nn1-c1ccc(F)c(F)c1. The summed E-state index contributed by atoms with van der Waals surface area (Å²) in [5, 5.41) is 12.7. The van der Waals surface area contributed by atoms with E-state index < -0.39 is 17.6 Å². The third-order valence-electron chi connectivity index (χ3n) is 2.90. The van der Waals surface area contributed by atoms with Gasteiger partial charge in [-0.1, -0.05) is 0 Å². The van der Waals surface area contributed by atoms with Crippen LogP contribution in [-0.4, -0.2) is 20.9 Å². The Bertz CT molecular complexity index is 756. The Morgan fingerprint density at radius 3 is 2.62 bits per heavy atom. The van der Waals surface area contributed by atoms with E-state index in [1.165, 1.54) is 16.8 Å². The molecule has 0 atom stereocenters. The van der Waals surface area contributed by atoms with Gasteiger partial charge in [0, 0.05) is 24.2 Å². The number of rotatable bonds is 4. The largest absolute Gasteiger partial charge is 0.481 e. The van der Waals surface area contributed by atoms with E-state index >= 15 is 0 Å². The minimum atomic E-state index is -1.05. The molecular formula is C14H12F2N2O3. The van der Waals surface area contributed by atoms with E-state index in [1.807, 2.05) is 0 Å². The number of hydrogen-bond acceptors (Lipinski definition) is 3. The summed E-state index contributed by atoms with van der Waals surface area (Å²) in [4.78, 5) is 22.3. The second kappa shape index (κ2) is 5.82. The van der Waals surface area contributed by atoms with Crippen LogP contribution in [0.5, 0.6) is 0 Å². The molecule has 1 aromatic carbocycles. The molecule has 0 saturated heterocycles. The number of aliphatic carboxylic acids is 1. The van der Waals surface area contributed by atoms with Crippen molar-refractivity contribution < 1.29 is 18.7 Å². The number of aromatic nitrogens is 2. The van der Waals surface area contributed by atoms with Crippen LogP contribution in [0.4, 0.5) is 8.78 Å². The smallest absolute Gasteiger partial charge is 0.303 e. The first kappa shape index (κ1) is 14.8. The molecule has 0 radical (unpaired) electrons. The first-order chi connectivity index (χ1) is 9.88. The number of carboxylic acid groups (broad SMARTS) is 1. The highest BCUT2D eigenvalue weighted by molar-refractivity contribution is 5.66. The molecule has 0 saturated carbocycles. The Kier molecular flexibility index (Phi) is 4.11. The molecule has 1 N–H and O–H groups in total. The third-order valence-corrected chi connectivity index (χ3v) is 2.90. The zero-order chi connectivity index (χ0) is 15.6. The van der Waals surface area contributed by atoms with Gasteiger partial charge in [-0.3, -0.25) is 9.59 Å². The lowest BCUT2D eigenvalue weighted by molar-refractivity contribution is -0.136. The normalized spacial score (nSPS) is 10.6. The van der Waals surface area contributed by atoms with Crippen molar-refractivity contribution in [3.05, 3.63) is 57.5 Å². The predicted molar refractivity (Wildman–Crippen MR) is 70.4 cm³/mol. The molecule has 0 amide bonds. The average molecular weight is 294 g/mol. The molecule has 0 fully saturated rings. The summed E-state index contributed by atoms with van der Waals surface area (Å²) in [7, 11) is 0. The van der Waals surface area contributed by atoms with Crippen LogP contribution in [0.25, 0.3) is 5.69 Å². The van der Waals surface area contributed by atoms with Crippen molar-refractivity contribution >= 4 is 5.97 Å². The molecule has 110 valence electrons. The molecule has 0 aliphatic carbocycles. The topological polar surface area (TPSA) is 72.2 Å². The van der Waals surface area contributed by atoms with E-state index in [2.05, 4.69) is 5.10 Å². The Labute approximate surface area is 118 Å². The summed E-state index contributed by atoms with van der Waals surface area (Å²) in [6.45, 7) is 1.59. The number of carboxylic acids is 1. The van der Waals surface area contributed by atoms with Gasteiger partial charge in [-0.2, -0.15) is 5.10 Å². The van der Waals surface area contributed by atoms with Gasteiger partial charge in [0.05, 0.1) is 12.1 Å². The van der Waals surface area contributed by atoms with Gasteiger partial charge >= 0.3 is 5.97 Å². The third kappa shape index (κ3) is 3.31. The second-order valence-electron chi connectivity index (χ2n) is 4.50. The Morgan fingerprint density at radius 2 is 2.00 bits per heavy atom. The van der Waals surface area contributed by atoms with E-state index in [9.17, 15) is 18.4 Å². The highest BCUT2D eigenvalue weighted by atomic mass is 19.2. The first-order valence-corrected chi connectivity index (χ1v) is 6.15. The molecule has 0 spiro atoms. The highest BCUT2D eigenvalue weighted by Gasteiger charge is 2.11. The Morgan fingerprint density at radius 1 is 1.29 bits per heavy atom. The van der Waals surface area contributed by atoms with Crippen molar-refractivity contribution in [2.45, 2.75) is 19.8 Å². The van der Waals surface area contributed by atoms with Crippen LogP contribution in [0.3, 0.4) is 0 Å². The first-order valence-electron chi connectivity index (χ1n) is 6.15. The predicted octanol–water partition coefficient (Wildman–Crippen LogP) is 1.84. The molecular weight excluding hydrogens is 282 g/mol. The molecule has 0 aliphatic heterocycles. The molecule has 0 unspecified atom stereocenters. The van der Waals surface area contributed by atoms with E-state index in [-0.39, 0.29) is 29.7 Å². The molecule has 1 aromatic heterocycles. The van der Waals surface area contributed by atoms with Crippen LogP contribution in [0.1, 0.15) is 17.8 Å². The van der Waals surface area contributed by atoms with Crippen molar-refractivity contribution in [2.75, 3.05) is 0 Å². The lowest BCUT2D eigenvalue weighted by Gasteiger charge is -2.11. The van der Waals surface area contributed by atoms with Gasteiger partial charge in [0.2, 0.25) is 5.43 Å². The quantitative estimate of drug-likeness (QED) is 0.934. The van der Waals surface area contributed by atoms with Gasteiger partial charge in [-0.25, -0.2) is 13.5 Å².